The number of rotatable bonds is 8. The van der Waals surface area contributed by atoms with Crippen molar-refractivity contribution in [1.82, 2.24) is 14.9 Å². The van der Waals surface area contributed by atoms with Crippen LogP contribution in [0.25, 0.3) is 11.3 Å². The van der Waals surface area contributed by atoms with Crippen LogP contribution in [0, 0.1) is 11.3 Å². The fraction of sp³-hybridized carbons (Fsp3) is 0.360. The second kappa shape index (κ2) is 8.58. The van der Waals surface area contributed by atoms with Gasteiger partial charge in [-0.2, -0.15) is 10.4 Å². The van der Waals surface area contributed by atoms with E-state index in [1.54, 1.807) is 10.7 Å². The first-order valence-electron chi connectivity index (χ1n) is 11.0. The van der Waals surface area contributed by atoms with E-state index in [0.29, 0.717) is 23.0 Å². The lowest BCUT2D eigenvalue weighted by molar-refractivity contribution is -0.117. The number of nitriles is 1. The summed E-state index contributed by atoms with van der Waals surface area (Å²) in [6.07, 6.45) is 3.53. The minimum absolute atomic E-state index is 0.106. The predicted octanol–water partition coefficient (Wildman–Crippen LogP) is 4.75. The minimum atomic E-state index is -0.411. The number of carbonyl (C=O) groups is 1. The Morgan fingerprint density at radius 3 is 2.70 bits per heavy atom. The minimum Gasteiger partial charge on any atom is -0.383 e. The third-order valence-corrected chi connectivity index (χ3v) is 6.21. The van der Waals surface area contributed by atoms with Gasteiger partial charge in [0.2, 0.25) is 11.8 Å². The van der Waals surface area contributed by atoms with Gasteiger partial charge in [-0.15, -0.1) is 6.58 Å². The van der Waals surface area contributed by atoms with E-state index in [2.05, 4.69) is 35.1 Å². The van der Waals surface area contributed by atoms with E-state index in [9.17, 15) is 10.1 Å². The van der Waals surface area contributed by atoms with Gasteiger partial charge in [0, 0.05) is 11.6 Å². The number of anilines is 2. The summed E-state index contributed by atoms with van der Waals surface area (Å²) in [6, 6.07) is 11.4. The monoisotopic (exact) mass is 444 g/mol. The Morgan fingerprint density at radius 1 is 1.39 bits per heavy atom. The maximum absolute atomic E-state index is 12.7. The van der Waals surface area contributed by atoms with Crippen LogP contribution < -0.4 is 11.1 Å². The van der Waals surface area contributed by atoms with Crippen molar-refractivity contribution in [3.8, 4) is 17.3 Å². The van der Waals surface area contributed by atoms with Crippen molar-refractivity contribution in [1.29, 1.82) is 5.26 Å². The average molecular weight is 445 g/mol. The Balaban J connectivity index is 1.47. The second-order valence-electron chi connectivity index (χ2n) is 9.10. The van der Waals surface area contributed by atoms with E-state index >= 15 is 0 Å². The van der Waals surface area contributed by atoms with E-state index in [4.69, 9.17) is 10.3 Å². The maximum atomic E-state index is 12.7. The summed E-state index contributed by atoms with van der Waals surface area (Å²) in [5, 5.41) is 21.0. The fourth-order valence-electron chi connectivity index (χ4n) is 3.69. The van der Waals surface area contributed by atoms with Gasteiger partial charge in [0.1, 0.15) is 23.1 Å². The molecular weight excluding hydrogens is 416 g/mol. The molecule has 0 saturated heterocycles. The van der Waals surface area contributed by atoms with Gasteiger partial charge in [0.15, 0.2) is 0 Å². The van der Waals surface area contributed by atoms with Gasteiger partial charge in [0.05, 0.1) is 17.2 Å². The van der Waals surface area contributed by atoms with Crippen LogP contribution in [0.1, 0.15) is 62.8 Å². The summed E-state index contributed by atoms with van der Waals surface area (Å²) in [6.45, 7) is 9.75. The molecule has 0 spiro atoms. The Kier molecular flexibility index (Phi) is 5.81. The molecule has 4 rings (SSSR count). The topological polar surface area (TPSA) is 123 Å². The first-order chi connectivity index (χ1) is 15.7. The number of aromatic nitrogens is 3. The summed E-state index contributed by atoms with van der Waals surface area (Å²) in [4.78, 5) is 12.7. The number of allylic oxidation sites excluding steroid dienone is 1. The molecule has 2 heterocycles. The van der Waals surface area contributed by atoms with E-state index in [1.165, 1.54) is 0 Å². The largest absolute Gasteiger partial charge is 0.383 e. The molecular formula is C25H28N6O2. The molecule has 1 fully saturated rings. The molecule has 3 aromatic rings. The Labute approximate surface area is 193 Å². The average Bonchev–Trinajstić information content (AvgIpc) is 3.23. The molecule has 1 amide bonds. The molecule has 1 saturated carbocycles. The highest BCUT2D eigenvalue weighted by molar-refractivity contribution is 5.94. The molecule has 2 aromatic heterocycles. The number of aryl methyl sites for hydroxylation is 1. The number of nitrogen functional groups attached to an aromatic ring is 1. The second-order valence-corrected chi connectivity index (χ2v) is 9.10. The Hall–Kier alpha value is -3.86. The first-order valence-corrected chi connectivity index (χ1v) is 11.0. The first kappa shape index (κ1) is 22.3. The summed E-state index contributed by atoms with van der Waals surface area (Å²) in [7, 11) is 0. The molecule has 0 radical (unpaired) electrons. The number of hydrogen-bond donors (Lipinski definition) is 2. The number of benzene rings is 1. The molecule has 0 aliphatic heterocycles. The van der Waals surface area contributed by atoms with Crippen molar-refractivity contribution in [2.75, 3.05) is 11.1 Å². The van der Waals surface area contributed by atoms with Crippen molar-refractivity contribution in [3.05, 3.63) is 59.3 Å². The van der Waals surface area contributed by atoms with E-state index in [1.807, 2.05) is 38.1 Å². The summed E-state index contributed by atoms with van der Waals surface area (Å²) in [5.74, 6) is 0.122. The van der Waals surface area contributed by atoms with Crippen LogP contribution in [0.3, 0.4) is 0 Å². The lowest BCUT2D eigenvalue weighted by Gasteiger charge is -2.11. The van der Waals surface area contributed by atoms with Crippen molar-refractivity contribution in [2.45, 2.75) is 57.9 Å². The molecule has 170 valence electrons. The summed E-state index contributed by atoms with van der Waals surface area (Å²) >= 11 is 0. The lowest BCUT2D eigenvalue weighted by atomic mass is 9.97. The van der Waals surface area contributed by atoms with Crippen LogP contribution in [0.4, 0.5) is 11.7 Å². The van der Waals surface area contributed by atoms with Crippen LogP contribution in [-0.4, -0.2) is 20.8 Å². The molecule has 33 heavy (non-hydrogen) atoms. The zero-order chi connectivity index (χ0) is 23.8. The van der Waals surface area contributed by atoms with Crippen LogP contribution in [0.5, 0.6) is 0 Å². The third-order valence-electron chi connectivity index (χ3n) is 6.21. The number of amides is 1. The van der Waals surface area contributed by atoms with Crippen molar-refractivity contribution in [3.63, 3.8) is 0 Å². The van der Waals surface area contributed by atoms with Gasteiger partial charge in [-0.25, -0.2) is 4.68 Å². The normalized spacial score (nSPS) is 15.0. The molecule has 8 nitrogen and oxygen atoms in total. The van der Waals surface area contributed by atoms with Gasteiger partial charge in [-0.3, -0.25) is 10.1 Å². The van der Waals surface area contributed by atoms with Crippen molar-refractivity contribution < 1.29 is 9.32 Å². The Bertz CT molecular complexity index is 1240. The van der Waals surface area contributed by atoms with E-state index in [-0.39, 0.29) is 11.4 Å². The summed E-state index contributed by atoms with van der Waals surface area (Å²) in [5.41, 5.74) is 10.5. The van der Waals surface area contributed by atoms with Gasteiger partial charge in [0.25, 0.3) is 0 Å². The maximum Gasteiger partial charge on any atom is 0.234 e. The van der Waals surface area contributed by atoms with Crippen molar-refractivity contribution in [2.24, 2.45) is 0 Å². The molecule has 1 atom stereocenters. The highest BCUT2D eigenvalue weighted by atomic mass is 16.5. The number of hydrogen-bond acceptors (Lipinski definition) is 6. The number of nitrogens with two attached hydrogens (primary N) is 1. The fourth-order valence-corrected chi connectivity index (χ4v) is 3.69. The Morgan fingerprint density at radius 2 is 2.09 bits per heavy atom. The van der Waals surface area contributed by atoms with Gasteiger partial charge < -0.3 is 10.3 Å². The zero-order valence-electron chi connectivity index (χ0n) is 19.2. The summed E-state index contributed by atoms with van der Waals surface area (Å²) < 4.78 is 7.01. The zero-order valence-corrected chi connectivity index (χ0v) is 19.2. The quantitative estimate of drug-likeness (QED) is 0.483. The predicted molar refractivity (Wildman–Crippen MR) is 126 cm³/mol. The lowest BCUT2D eigenvalue weighted by Crippen LogP contribution is -2.18. The van der Waals surface area contributed by atoms with Gasteiger partial charge in [-0.05, 0) is 52.0 Å². The molecule has 3 N–H and O–H groups in total. The highest BCUT2D eigenvalue weighted by Gasteiger charge is 2.42. The smallest absolute Gasteiger partial charge is 0.234 e. The standard InChI is InChI=1S/C25H28N6O2/c1-15(2)5-10-19-13-21(33-30-19)28-24(32)16(3)17-6-8-18(9-7-17)22-20(14-26)23(27)31(29-22)25(4)11-12-25/h6-9,13,16H,1,5,10-12,27H2,2-4H3,(H,28,32). The molecule has 1 aliphatic rings. The van der Waals surface area contributed by atoms with Crippen LogP contribution >= 0.6 is 0 Å². The number of carbonyl (C=O) groups excluding carboxylic acids is 1. The van der Waals surface area contributed by atoms with Crippen LogP contribution in [0.15, 0.2) is 47.0 Å². The molecule has 0 bridgehead atoms. The molecule has 1 unspecified atom stereocenters. The SMILES string of the molecule is C=C(C)CCc1cc(NC(=O)C(C)c2ccc(-c3nn(C4(C)CC4)c(N)c3C#N)cc2)on1. The van der Waals surface area contributed by atoms with Crippen LogP contribution in [-0.2, 0) is 16.8 Å². The molecule has 8 heteroatoms. The van der Waals surface area contributed by atoms with Crippen molar-refractivity contribution >= 4 is 17.6 Å². The van der Waals surface area contributed by atoms with Gasteiger partial charge in [-0.1, -0.05) is 35.0 Å². The highest BCUT2D eigenvalue weighted by Crippen LogP contribution is 2.45. The van der Waals surface area contributed by atoms with E-state index in [0.717, 1.165) is 48.1 Å². The number of nitrogens with one attached hydrogen (secondary N) is 1. The van der Waals surface area contributed by atoms with Crippen LogP contribution in [0.2, 0.25) is 0 Å². The van der Waals surface area contributed by atoms with E-state index < -0.39 is 5.92 Å². The molecule has 1 aliphatic carbocycles. The van der Waals surface area contributed by atoms with Gasteiger partial charge >= 0.3 is 0 Å². The third kappa shape index (κ3) is 4.53. The number of nitrogens with zero attached hydrogens (tertiary/aromatic N) is 4. The molecule has 1 aromatic carbocycles.